The van der Waals surface area contributed by atoms with Crippen molar-refractivity contribution in [2.75, 3.05) is 18.5 Å². The smallest absolute Gasteiger partial charge is 0.236 e. The van der Waals surface area contributed by atoms with Gasteiger partial charge in [0.25, 0.3) is 0 Å². The van der Waals surface area contributed by atoms with Crippen LogP contribution >= 0.6 is 23.1 Å². The number of halogens is 1. The van der Waals surface area contributed by atoms with Crippen LogP contribution in [0.5, 0.6) is 0 Å². The summed E-state index contributed by atoms with van der Waals surface area (Å²) in [6.07, 6.45) is 1.30. The van der Waals surface area contributed by atoms with Gasteiger partial charge in [-0.1, -0.05) is 0 Å². The van der Waals surface area contributed by atoms with E-state index in [1.165, 1.54) is 11.5 Å². The lowest BCUT2D eigenvalue weighted by Crippen LogP contribution is -2.46. The van der Waals surface area contributed by atoms with Crippen LogP contribution in [-0.2, 0) is 9.47 Å². The number of rotatable bonds is 3. The summed E-state index contributed by atoms with van der Waals surface area (Å²) in [5.74, 6) is 0. The Bertz CT molecular complexity index is 418. The highest BCUT2D eigenvalue weighted by molar-refractivity contribution is 7.09. The fourth-order valence-corrected chi connectivity index (χ4v) is 2.93. The Balaban J connectivity index is 1.67. The summed E-state index contributed by atoms with van der Waals surface area (Å²) in [5, 5.41) is 13.4. The van der Waals surface area contributed by atoms with Crippen LogP contribution in [0.25, 0.3) is 0 Å². The van der Waals surface area contributed by atoms with Gasteiger partial charge in [-0.3, -0.25) is 0 Å². The third-order valence-corrected chi connectivity index (χ3v) is 4.03. The monoisotopic (exact) mass is 277 g/mol. The first-order valence-corrected chi connectivity index (χ1v) is 6.52. The van der Waals surface area contributed by atoms with Crippen molar-refractivity contribution in [3.8, 4) is 0 Å². The topological polar surface area (TPSA) is 76.5 Å². The molecular weight excluding hydrogens is 266 g/mol. The molecule has 0 unspecified atom stereocenters. The minimum absolute atomic E-state index is 0.000849. The molecule has 3 atom stereocenters. The second kappa shape index (κ2) is 4.33. The lowest BCUT2D eigenvalue weighted by Gasteiger charge is -2.34. The number of ether oxygens (including phenoxy) is 2. The molecule has 0 aliphatic carbocycles. The lowest BCUT2D eigenvalue weighted by atomic mass is 9.94. The SMILES string of the molecule is OC[C@@]12CC[C@@H](Nc3nc(Cl)ns3)[C@@H](OC1)O2. The van der Waals surface area contributed by atoms with E-state index in [0.717, 1.165) is 12.8 Å². The van der Waals surface area contributed by atoms with Crippen molar-refractivity contribution >= 4 is 28.3 Å². The molecule has 2 aliphatic rings. The van der Waals surface area contributed by atoms with E-state index in [1.54, 1.807) is 0 Å². The molecule has 1 aromatic heterocycles. The molecule has 3 rings (SSSR count). The van der Waals surface area contributed by atoms with E-state index in [9.17, 15) is 5.11 Å². The van der Waals surface area contributed by atoms with Crippen molar-refractivity contribution in [1.82, 2.24) is 9.36 Å². The van der Waals surface area contributed by atoms with Crippen LogP contribution in [0, 0.1) is 0 Å². The molecule has 1 aromatic rings. The summed E-state index contributed by atoms with van der Waals surface area (Å²) in [6, 6.07) is 0.0289. The van der Waals surface area contributed by atoms with Crippen LogP contribution in [-0.4, -0.2) is 45.6 Å². The lowest BCUT2D eigenvalue weighted by molar-refractivity contribution is -0.139. The predicted molar refractivity (Wildman–Crippen MR) is 62.2 cm³/mol. The van der Waals surface area contributed by atoms with Gasteiger partial charge in [0.05, 0.1) is 19.3 Å². The number of hydrogen-bond acceptors (Lipinski definition) is 7. The quantitative estimate of drug-likeness (QED) is 0.854. The Morgan fingerprint density at radius 2 is 2.53 bits per heavy atom. The van der Waals surface area contributed by atoms with Gasteiger partial charge in [-0.25, -0.2) is 0 Å². The molecular formula is C9H12ClN3O3S. The number of anilines is 1. The summed E-state index contributed by atoms with van der Waals surface area (Å²) >= 11 is 6.86. The van der Waals surface area contributed by atoms with Crippen LogP contribution in [0.4, 0.5) is 5.13 Å². The first kappa shape index (κ1) is 11.6. The van der Waals surface area contributed by atoms with Gasteiger partial charge in [-0.15, -0.1) is 0 Å². The highest BCUT2D eigenvalue weighted by atomic mass is 35.5. The van der Waals surface area contributed by atoms with Gasteiger partial charge in [-0.2, -0.15) is 9.36 Å². The number of aliphatic hydroxyl groups excluding tert-OH is 1. The first-order chi connectivity index (χ1) is 8.21. The molecule has 3 heterocycles. The second-order valence-corrected chi connectivity index (χ2v) is 5.39. The van der Waals surface area contributed by atoms with Gasteiger partial charge >= 0.3 is 0 Å². The molecule has 2 bridgehead atoms. The third kappa shape index (κ3) is 2.13. The fraction of sp³-hybridized carbons (Fsp3) is 0.778. The van der Waals surface area contributed by atoms with E-state index in [-0.39, 0.29) is 24.2 Å². The van der Waals surface area contributed by atoms with Gasteiger partial charge in [0.15, 0.2) is 6.29 Å². The average Bonchev–Trinajstić information content (AvgIpc) is 2.89. The zero-order chi connectivity index (χ0) is 11.9. The first-order valence-electron chi connectivity index (χ1n) is 5.37. The van der Waals surface area contributed by atoms with E-state index in [4.69, 9.17) is 21.1 Å². The van der Waals surface area contributed by atoms with Gasteiger partial charge < -0.3 is 19.9 Å². The summed E-state index contributed by atoms with van der Waals surface area (Å²) in [5.41, 5.74) is -0.498. The van der Waals surface area contributed by atoms with E-state index in [0.29, 0.717) is 11.7 Å². The number of aromatic nitrogens is 2. The maximum atomic E-state index is 9.28. The van der Waals surface area contributed by atoms with E-state index >= 15 is 0 Å². The van der Waals surface area contributed by atoms with Gasteiger partial charge in [0.2, 0.25) is 10.4 Å². The van der Waals surface area contributed by atoms with Gasteiger partial charge in [0.1, 0.15) is 5.60 Å². The molecule has 8 heteroatoms. The van der Waals surface area contributed by atoms with E-state index < -0.39 is 5.60 Å². The molecule has 2 aliphatic heterocycles. The molecule has 0 aromatic carbocycles. The average molecular weight is 278 g/mol. The van der Waals surface area contributed by atoms with Crippen LogP contribution in [0.3, 0.4) is 0 Å². The van der Waals surface area contributed by atoms with Crippen LogP contribution < -0.4 is 5.32 Å². The van der Waals surface area contributed by atoms with Crippen molar-refractivity contribution < 1.29 is 14.6 Å². The van der Waals surface area contributed by atoms with Crippen molar-refractivity contribution in [2.24, 2.45) is 0 Å². The van der Waals surface area contributed by atoms with Gasteiger partial charge in [-0.05, 0) is 24.4 Å². The standard InChI is InChI=1S/C9H12ClN3O3S/c10-7-12-8(17-13-7)11-5-1-2-9(3-14)4-15-6(5)16-9/h5-6,14H,1-4H2,(H,11,12,13)/t5-,6+,9+/m1/s1. The normalized spacial score (nSPS) is 36.1. The summed E-state index contributed by atoms with van der Waals surface area (Å²) < 4.78 is 15.1. The molecule has 6 nitrogen and oxygen atoms in total. The highest BCUT2D eigenvalue weighted by Gasteiger charge is 2.48. The van der Waals surface area contributed by atoms with Crippen molar-refractivity contribution in [3.05, 3.63) is 5.28 Å². The summed E-state index contributed by atoms with van der Waals surface area (Å²) in [7, 11) is 0. The maximum absolute atomic E-state index is 9.28. The molecule has 0 saturated carbocycles. The van der Waals surface area contributed by atoms with Crippen molar-refractivity contribution in [3.63, 3.8) is 0 Å². The number of aliphatic hydroxyl groups is 1. The maximum Gasteiger partial charge on any atom is 0.236 e. The summed E-state index contributed by atoms with van der Waals surface area (Å²) in [6.45, 7) is 0.448. The minimum atomic E-state index is -0.498. The van der Waals surface area contributed by atoms with Crippen molar-refractivity contribution in [2.45, 2.75) is 30.8 Å². The third-order valence-electron chi connectivity index (χ3n) is 3.11. The number of fused-ring (bicyclic) bond motifs is 2. The molecule has 0 radical (unpaired) electrons. The van der Waals surface area contributed by atoms with Crippen LogP contribution in [0.1, 0.15) is 12.8 Å². The molecule has 17 heavy (non-hydrogen) atoms. The summed E-state index contributed by atoms with van der Waals surface area (Å²) in [4.78, 5) is 4.03. The fourth-order valence-electron chi connectivity index (χ4n) is 2.16. The number of nitrogens with one attached hydrogen (secondary N) is 1. The largest absolute Gasteiger partial charge is 0.393 e. The Morgan fingerprint density at radius 1 is 1.65 bits per heavy atom. The Labute approximate surface area is 107 Å². The molecule has 0 amide bonds. The second-order valence-electron chi connectivity index (χ2n) is 4.30. The zero-order valence-electron chi connectivity index (χ0n) is 8.93. The molecule has 0 spiro atoms. The zero-order valence-corrected chi connectivity index (χ0v) is 10.5. The molecule has 2 fully saturated rings. The predicted octanol–water partition coefficient (Wildman–Crippen LogP) is 0.870. The Morgan fingerprint density at radius 3 is 3.24 bits per heavy atom. The Hall–Kier alpha value is -0.470. The molecule has 94 valence electrons. The molecule has 2 N–H and O–H groups in total. The molecule has 2 saturated heterocycles. The van der Waals surface area contributed by atoms with Gasteiger partial charge in [0, 0.05) is 11.5 Å². The van der Waals surface area contributed by atoms with Crippen LogP contribution in [0.2, 0.25) is 5.28 Å². The minimum Gasteiger partial charge on any atom is -0.393 e. The van der Waals surface area contributed by atoms with E-state index in [2.05, 4.69) is 14.7 Å². The van der Waals surface area contributed by atoms with E-state index in [1.807, 2.05) is 0 Å². The Kier molecular flexibility index (Phi) is 2.95. The number of nitrogens with zero attached hydrogens (tertiary/aromatic N) is 2. The number of hydrogen-bond donors (Lipinski definition) is 2. The van der Waals surface area contributed by atoms with Crippen molar-refractivity contribution in [1.29, 1.82) is 0 Å². The highest BCUT2D eigenvalue weighted by Crippen LogP contribution is 2.37. The van der Waals surface area contributed by atoms with Crippen LogP contribution in [0.15, 0.2) is 0 Å².